The second kappa shape index (κ2) is 6.92. The number of anilines is 1. The maximum absolute atomic E-state index is 12.2. The molecule has 0 aliphatic heterocycles. The molecule has 0 amide bonds. The van der Waals surface area contributed by atoms with Crippen molar-refractivity contribution in [1.29, 1.82) is 0 Å². The van der Waals surface area contributed by atoms with Crippen LogP contribution in [0.2, 0.25) is 10.0 Å². The van der Waals surface area contributed by atoms with Crippen LogP contribution in [0.1, 0.15) is 5.56 Å². The van der Waals surface area contributed by atoms with E-state index in [9.17, 15) is 8.42 Å². The molecule has 0 saturated heterocycles. The summed E-state index contributed by atoms with van der Waals surface area (Å²) in [5.74, 6) is -0.159. The van der Waals surface area contributed by atoms with Crippen LogP contribution >= 0.6 is 35.0 Å². The molecule has 0 unspecified atom stereocenters. The van der Waals surface area contributed by atoms with Gasteiger partial charge >= 0.3 is 0 Å². The average Bonchev–Trinajstić information content (AvgIpc) is 2.42. The van der Waals surface area contributed by atoms with E-state index in [2.05, 4.69) is 4.72 Å². The fourth-order valence-corrected chi connectivity index (χ4v) is 3.71. The molecule has 2 rings (SSSR count). The minimum Gasteiger partial charge on any atom is -0.283 e. The maximum Gasteiger partial charge on any atom is 0.236 e. The van der Waals surface area contributed by atoms with Crippen molar-refractivity contribution in [3.8, 4) is 0 Å². The summed E-state index contributed by atoms with van der Waals surface area (Å²) in [7, 11) is -3.50. The van der Waals surface area contributed by atoms with Crippen molar-refractivity contribution in [3.63, 3.8) is 0 Å². The molecule has 2 aromatic carbocycles. The lowest BCUT2D eigenvalue weighted by atomic mass is 10.2. The van der Waals surface area contributed by atoms with Gasteiger partial charge in [0, 0.05) is 10.6 Å². The van der Waals surface area contributed by atoms with Crippen LogP contribution in [-0.2, 0) is 15.8 Å². The molecule has 0 fully saturated rings. The minimum absolute atomic E-state index is 0.159. The average molecular weight is 362 g/mol. The van der Waals surface area contributed by atoms with Gasteiger partial charge in [0.2, 0.25) is 10.0 Å². The highest BCUT2D eigenvalue weighted by atomic mass is 35.5. The van der Waals surface area contributed by atoms with E-state index < -0.39 is 10.0 Å². The van der Waals surface area contributed by atoms with Gasteiger partial charge in [0.1, 0.15) is 0 Å². The van der Waals surface area contributed by atoms with Gasteiger partial charge in [-0.1, -0.05) is 35.3 Å². The quantitative estimate of drug-likeness (QED) is 0.787. The van der Waals surface area contributed by atoms with E-state index in [4.69, 9.17) is 23.2 Å². The molecule has 21 heavy (non-hydrogen) atoms. The van der Waals surface area contributed by atoms with Crippen LogP contribution in [0, 0.1) is 0 Å². The van der Waals surface area contributed by atoms with Gasteiger partial charge in [-0.15, -0.1) is 11.8 Å². The molecule has 0 aromatic heterocycles. The highest BCUT2D eigenvalue weighted by Crippen LogP contribution is 2.24. The van der Waals surface area contributed by atoms with Crippen LogP contribution in [0.5, 0.6) is 0 Å². The Morgan fingerprint density at radius 2 is 1.86 bits per heavy atom. The second-order valence-electron chi connectivity index (χ2n) is 4.34. The Morgan fingerprint density at radius 1 is 1.10 bits per heavy atom. The molecule has 0 spiro atoms. The van der Waals surface area contributed by atoms with E-state index in [1.54, 1.807) is 42.1 Å². The molecule has 112 valence electrons. The normalized spacial score (nSPS) is 11.4. The molecule has 2 aromatic rings. The van der Waals surface area contributed by atoms with Crippen LogP contribution in [0.25, 0.3) is 0 Å². The van der Waals surface area contributed by atoms with E-state index in [-0.39, 0.29) is 5.75 Å². The minimum atomic E-state index is -3.50. The number of nitrogens with one attached hydrogen (secondary N) is 1. The first-order chi connectivity index (χ1) is 9.89. The third-order valence-electron chi connectivity index (χ3n) is 2.68. The Labute approximate surface area is 138 Å². The third kappa shape index (κ3) is 4.81. The summed E-state index contributed by atoms with van der Waals surface area (Å²) < 4.78 is 26.9. The van der Waals surface area contributed by atoms with Crippen LogP contribution in [0.15, 0.2) is 47.4 Å². The molecule has 0 radical (unpaired) electrons. The predicted octanol–water partition coefficient (Wildman–Crippen LogP) is 4.66. The summed E-state index contributed by atoms with van der Waals surface area (Å²) >= 11 is 13.3. The summed E-state index contributed by atoms with van der Waals surface area (Å²) in [5, 5.41) is 0.743. The molecule has 0 atom stereocenters. The van der Waals surface area contributed by atoms with Crippen molar-refractivity contribution in [3.05, 3.63) is 58.1 Å². The number of hydrogen-bond acceptors (Lipinski definition) is 3. The molecule has 0 aliphatic carbocycles. The Kier molecular flexibility index (Phi) is 5.43. The van der Waals surface area contributed by atoms with Crippen LogP contribution in [0.4, 0.5) is 5.69 Å². The second-order valence-corrected chi connectivity index (χ2v) is 7.76. The lowest BCUT2D eigenvalue weighted by Crippen LogP contribution is -2.15. The van der Waals surface area contributed by atoms with Gasteiger partial charge in [0.15, 0.2) is 0 Å². The number of rotatable bonds is 5. The van der Waals surface area contributed by atoms with E-state index >= 15 is 0 Å². The van der Waals surface area contributed by atoms with Crippen molar-refractivity contribution >= 4 is 50.7 Å². The molecule has 0 heterocycles. The van der Waals surface area contributed by atoms with Gasteiger partial charge in [-0.05, 0) is 42.2 Å². The predicted molar refractivity (Wildman–Crippen MR) is 90.9 cm³/mol. The largest absolute Gasteiger partial charge is 0.283 e. The molecule has 0 aliphatic rings. The van der Waals surface area contributed by atoms with Crippen molar-refractivity contribution in [2.45, 2.75) is 10.6 Å². The zero-order chi connectivity index (χ0) is 15.5. The summed E-state index contributed by atoms with van der Waals surface area (Å²) in [6.45, 7) is 0. The van der Waals surface area contributed by atoms with Crippen LogP contribution in [-0.4, -0.2) is 14.7 Å². The van der Waals surface area contributed by atoms with E-state index in [0.29, 0.717) is 21.3 Å². The molecule has 7 heteroatoms. The Hall–Kier alpha value is -0.880. The zero-order valence-electron chi connectivity index (χ0n) is 11.1. The van der Waals surface area contributed by atoms with Crippen molar-refractivity contribution in [2.24, 2.45) is 0 Å². The fourth-order valence-electron chi connectivity index (χ4n) is 1.75. The molecule has 0 bridgehead atoms. The lowest BCUT2D eigenvalue weighted by Gasteiger charge is -2.09. The molecule has 0 saturated carbocycles. The van der Waals surface area contributed by atoms with E-state index in [1.807, 2.05) is 18.4 Å². The number of thioether (sulfide) groups is 1. The summed E-state index contributed by atoms with van der Waals surface area (Å²) in [6.07, 6.45) is 1.93. The summed E-state index contributed by atoms with van der Waals surface area (Å²) in [5.41, 5.74) is 1.12. The number of sulfonamides is 1. The Balaban J connectivity index is 2.16. The van der Waals surface area contributed by atoms with Gasteiger partial charge in [0.25, 0.3) is 0 Å². The molecular formula is C14H13Cl2NO2S2. The lowest BCUT2D eigenvalue weighted by molar-refractivity contribution is 0.600. The topological polar surface area (TPSA) is 46.2 Å². The molecule has 3 nitrogen and oxygen atoms in total. The maximum atomic E-state index is 12.2. The van der Waals surface area contributed by atoms with Gasteiger partial charge < -0.3 is 0 Å². The van der Waals surface area contributed by atoms with Gasteiger partial charge in [-0.25, -0.2) is 8.42 Å². The third-order valence-corrected chi connectivity index (χ3v) is 5.41. The number of benzene rings is 2. The van der Waals surface area contributed by atoms with E-state index in [0.717, 1.165) is 4.90 Å². The first kappa shape index (κ1) is 16.5. The van der Waals surface area contributed by atoms with E-state index in [1.165, 1.54) is 0 Å². The summed E-state index contributed by atoms with van der Waals surface area (Å²) in [6, 6.07) is 12.0. The highest BCUT2D eigenvalue weighted by Gasteiger charge is 2.13. The van der Waals surface area contributed by atoms with Gasteiger partial charge in [0.05, 0.1) is 15.8 Å². The molecule has 1 N–H and O–H groups in total. The van der Waals surface area contributed by atoms with Crippen LogP contribution in [0.3, 0.4) is 0 Å². The standard InChI is InChI=1S/C14H13Cl2NO2S2/c1-20-12-4-2-3-11(8-12)17-21(18,19)9-10-5-6-13(15)14(16)7-10/h2-8,17H,9H2,1H3. The first-order valence-electron chi connectivity index (χ1n) is 5.98. The number of halogens is 2. The monoisotopic (exact) mass is 361 g/mol. The Bertz CT molecular complexity index is 748. The van der Waals surface area contributed by atoms with Crippen molar-refractivity contribution in [1.82, 2.24) is 0 Å². The van der Waals surface area contributed by atoms with Crippen molar-refractivity contribution < 1.29 is 8.42 Å². The van der Waals surface area contributed by atoms with Gasteiger partial charge in [-0.3, -0.25) is 4.72 Å². The van der Waals surface area contributed by atoms with Crippen LogP contribution < -0.4 is 4.72 Å². The zero-order valence-corrected chi connectivity index (χ0v) is 14.3. The summed E-state index contributed by atoms with van der Waals surface area (Å²) in [4.78, 5) is 0.990. The first-order valence-corrected chi connectivity index (χ1v) is 9.61. The molecular weight excluding hydrogens is 349 g/mol. The smallest absolute Gasteiger partial charge is 0.236 e. The fraction of sp³-hybridized carbons (Fsp3) is 0.143. The highest BCUT2D eigenvalue weighted by molar-refractivity contribution is 7.98. The Morgan fingerprint density at radius 3 is 2.52 bits per heavy atom. The van der Waals surface area contributed by atoms with Gasteiger partial charge in [-0.2, -0.15) is 0 Å². The number of hydrogen-bond donors (Lipinski definition) is 1. The van der Waals surface area contributed by atoms with Crippen molar-refractivity contribution in [2.75, 3.05) is 11.0 Å². The SMILES string of the molecule is CSc1cccc(NS(=O)(=O)Cc2ccc(Cl)c(Cl)c2)c1.